The summed E-state index contributed by atoms with van der Waals surface area (Å²) in [7, 11) is 2.00. The Morgan fingerprint density at radius 2 is 2.75 bits per heavy atom. The minimum absolute atomic E-state index is 0.806. The molecule has 1 nitrogen and oxygen atoms in total. The maximum atomic E-state index is 3.15. The number of nitrogens with one attached hydrogen (secondary N) is 1. The van der Waals surface area contributed by atoms with Crippen LogP contribution in [0.1, 0.15) is 6.42 Å². The summed E-state index contributed by atoms with van der Waals surface area (Å²) >= 11 is 1.92. The molecule has 1 rings (SSSR count). The second-order valence-electron chi connectivity index (χ2n) is 1.92. The molecule has 0 aliphatic carbocycles. The molecule has 0 bridgehead atoms. The maximum Gasteiger partial charge on any atom is 0.0248 e. The van der Waals surface area contributed by atoms with E-state index in [9.17, 15) is 0 Å². The van der Waals surface area contributed by atoms with Gasteiger partial charge in [-0.25, -0.2) is 0 Å². The van der Waals surface area contributed by atoms with Gasteiger partial charge in [0.2, 0.25) is 0 Å². The molecule has 0 saturated heterocycles. The smallest absolute Gasteiger partial charge is 0.0248 e. The van der Waals surface area contributed by atoms with Crippen molar-refractivity contribution in [3.05, 3.63) is 11.5 Å². The van der Waals surface area contributed by atoms with Crippen LogP contribution in [0.3, 0.4) is 0 Å². The Balaban J connectivity index is 2.10. The van der Waals surface area contributed by atoms with Crippen LogP contribution in [-0.2, 0) is 0 Å². The molecule has 1 atom stereocenters. The van der Waals surface area contributed by atoms with Crippen LogP contribution in [0.25, 0.3) is 0 Å². The van der Waals surface area contributed by atoms with Crippen LogP contribution in [0, 0.1) is 0 Å². The number of thioether (sulfide) groups is 1. The van der Waals surface area contributed by atoms with Gasteiger partial charge in [0.1, 0.15) is 0 Å². The molecule has 46 valence electrons. The highest BCUT2D eigenvalue weighted by atomic mass is 32.2. The summed E-state index contributed by atoms with van der Waals surface area (Å²) in [5.41, 5.74) is 0. The summed E-state index contributed by atoms with van der Waals surface area (Å²) < 4.78 is 0. The molecule has 0 spiro atoms. The number of rotatable bonds is 2. The quantitative estimate of drug-likeness (QED) is 0.601. The van der Waals surface area contributed by atoms with Crippen LogP contribution in [0.5, 0.6) is 0 Å². The van der Waals surface area contributed by atoms with Crippen molar-refractivity contribution in [2.45, 2.75) is 11.7 Å². The lowest BCUT2D eigenvalue weighted by Crippen LogP contribution is -2.18. The first-order valence-electron chi connectivity index (χ1n) is 2.88. The predicted molar refractivity (Wildman–Crippen MR) is 39.1 cm³/mol. The van der Waals surface area contributed by atoms with E-state index in [2.05, 4.69) is 16.8 Å². The zero-order valence-electron chi connectivity index (χ0n) is 5.05. The van der Waals surface area contributed by atoms with E-state index in [1.807, 2.05) is 18.8 Å². The van der Waals surface area contributed by atoms with Crippen molar-refractivity contribution < 1.29 is 0 Å². The van der Waals surface area contributed by atoms with Crippen molar-refractivity contribution >= 4 is 11.8 Å². The van der Waals surface area contributed by atoms with Crippen molar-refractivity contribution in [2.75, 3.05) is 13.6 Å². The van der Waals surface area contributed by atoms with Crippen molar-refractivity contribution in [1.82, 2.24) is 5.32 Å². The van der Waals surface area contributed by atoms with Gasteiger partial charge in [-0.15, -0.1) is 11.8 Å². The van der Waals surface area contributed by atoms with Crippen molar-refractivity contribution in [3.8, 4) is 0 Å². The van der Waals surface area contributed by atoms with Crippen LogP contribution in [0.15, 0.2) is 11.5 Å². The Bertz CT molecular complexity index is 82.5. The van der Waals surface area contributed by atoms with E-state index in [0.29, 0.717) is 0 Å². The number of allylic oxidation sites excluding steroid dienone is 1. The Labute approximate surface area is 54.5 Å². The molecule has 0 amide bonds. The molecule has 1 aliphatic rings. The fourth-order valence-corrected chi connectivity index (χ4v) is 1.72. The molecular weight excluding hydrogens is 118 g/mol. The van der Waals surface area contributed by atoms with E-state index < -0.39 is 0 Å². The van der Waals surface area contributed by atoms with E-state index in [1.54, 1.807) is 0 Å². The number of hydrogen-bond acceptors (Lipinski definition) is 2. The molecule has 8 heavy (non-hydrogen) atoms. The third-order valence-electron chi connectivity index (χ3n) is 1.20. The molecule has 1 unspecified atom stereocenters. The molecular formula is C6H11NS. The molecule has 1 N–H and O–H groups in total. The van der Waals surface area contributed by atoms with Gasteiger partial charge in [-0.2, -0.15) is 0 Å². The zero-order chi connectivity index (χ0) is 5.82. The first-order chi connectivity index (χ1) is 3.93. The third kappa shape index (κ3) is 1.53. The summed E-state index contributed by atoms with van der Waals surface area (Å²) in [5.74, 6) is 0. The summed E-state index contributed by atoms with van der Waals surface area (Å²) in [4.78, 5) is 0. The fraction of sp³-hybridized carbons (Fsp3) is 0.667. The lowest BCUT2D eigenvalue weighted by Gasteiger charge is -2.04. The van der Waals surface area contributed by atoms with Gasteiger partial charge >= 0.3 is 0 Å². The average Bonchev–Trinajstić information content (AvgIpc) is 2.19. The lowest BCUT2D eigenvalue weighted by atomic mass is 10.3. The second kappa shape index (κ2) is 3.15. The van der Waals surface area contributed by atoms with Gasteiger partial charge in [-0.1, -0.05) is 6.08 Å². The minimum Gasteiger partial charge on any atom is -0.319 e. The highest BCUT2D eigenvalue weighted by Gasteiger charge is 2.07. The molecule has 0 saturated carbocycles. The van der Waals surface area contributed by atoms with Crippen molar-refractivity contribution in [2.24, 2.45) is 0 Å². The van der Waals surface area contributed by atoms with Gasteiger partial charge in [0.25, 0.3) is 0 Å². The molecule has 0 aromatic heterocycles. The Kier molecular flexibility index (Phi) is 2.43. The first-order valence-corrected chi connectivity index (χ1v) is 3.83. The first kappa shape index (κ1) is 6.17. The highest BCUT2D eigenvalue weighted by Crippen LogP contribution is 2.22. The second-order valence-corrected chi connectivity index (χ2v) is 3.13. The van der Waals surface area contributed by atoms with Gasteiger partial charge in [-0.3, -0.25) is 0 Å². The minimum atomic E-state index is 0.806. The Morgan fingerprint density at radius 3 is 3.25 bits per heavy atom. The molecule has 0 radical (unpaired) electrons. The van der Waals surface area contributed by atoms with Gasteiger partial charge in [0.05, 0.1) is 0 Å². The van der Waals surface area contributed by atoms with Gasteiger partial charge < -0.3 is 5.32 Å². The van der Waals surface area contributed by atoms with E-state index in [-0.39, 0.29) is 0 Å². The van der Waals surface area contributed by atoms with Gasteiger partial charge in [0.15, 0.2) is 0 Å². The Hall–Kier alpha value is 0.0500. The van der Waals surface area contributed by atoms with Crippen LogP contribution in [0.4, 0.5) is 0 Å². The maximum absolute atomic E-state index is 3.15. The molecule has 2 heteroatoms. The van der Waals surface area contributed by atoms with E-state index in [0.717, 1.165) is 11.8 Å². The SMILES string of the molecule is CNCC1CC=CS1. The monoisotopic (exact) mass is 129 g/mol. The number of hydrogen-bond donors (Lipinski definition) is 1. The molecule has 0 fully saturated rings. The van der Waals surface area contributed by atoms with Gasteiger partial charge in [0, 0.05) is 11.8 Å². The Morgan fingerprint density at radius 1 is 1.88 bits per heavy atom. The normalized spacial score (nSPS) is 26.9. The van der Waals surface area contributed by atoms with E-state index in [4.69, 9.17) is 0 Å². The molecule has 1 aliphatic heterocycles. The average molecular weight is 129 g/mol. The summed E-state index contributed by atoms with van der Waals surface area (Å²) in [6.07, 6.45) is 3.47. The standard InChI is InChI=1S/C6H11NS/c1-7-5-6-3-2-4-8-6/h2,4,6-7H,3,5H2,1H3. The lowest BCUT2D eigenvalue weighted by molar-refractivity contribution is 0.757. The van der Waals surface area contributed by atoms with Crippen molar-refractivity contribution in [3.63, 3.8) is 0 Å². The zero-order valence-corrected chi connectivity index (χ0v) is 5.87. The van der Waals surface area contributed by atoms with Crippen LogP contribution < -0.4 is 5.32 Å². The topological polar surface area (TPSA) is 12.0 Å². The third-order valence-corrected chi connectivity index (χ3v) is 2.29. The van der Waals surface area contributed by atoms with Crippen LogP contribution in [0.2, 0.25) is 0 Å². The van der Waals surface area contributed by atoms with E-state index >= 15 is 0 Å². The van der Waals surface area contributed by atoms with Gasteiger partial charge in [-0.05, 0) is 18.9 Å². The van der Waals surface area contributed by atoms with Crippen LogP contribution in [-0.4, -0.2) is 18.8 Å². The summed E-state index contributed by atoms with van der Waals surface area (Å²) in [5, 5.41) is 6.14. The van der Waals surface area contributed by atoms with Crippen LogP contribution >= 0.6 is 11.8 Å². The highest BCUT2D eigenvalue weighted by molar-refractivity contribution is 8.03. The van der Waals surface area contributed by atoms with Crippen molar-refractivity contribution in [1.29, 1.82) is 0 Å². The summed E-state index contributed by atoms with van der Waals surface area (Å²) in [6.45, 7) is 1.14. The largest absolute Gasteiger partial charge is 0.319 e. The predicted octanol–water partition coefficient (Wildman–Crippen LogP) is 1.23. The van der Waals surface area contributed by atoms with E-state index in [1.165, 1.54) is 6.42 Å². The fourth-order valence-electron chi connectivity index (χ4n) is 0.789. The molecule has 0 aromatic rings. The summed E-state index contributed by atoms with van der Waals surface area (Å²) in [6, 6.07) is 0. The molecule has 1 heterocycles. The molecule has 0 aromatic carbocycles.